The minimum atomic E-state index is -0.396. The maximum atomic E-state index is 12.9. The monoisotopic (exact) mass is 385 g/mol. The zero-order valence-corrected chi connectivity index (χ0v) is 16.7. The van der Waals surface area contributed by atoms with Crippen LogP contribution < -0.4 is 10.9 Å². The van der Waals surface area contributed by atoms with E-state index in [2.05, 4.69) is 34.5 Å². The predicted molar refractivity (Wildman–Crippen MR) is 108 cm³/mol. The molecule has 0 bridgehead atoms. The van der Waals surface area contributed by atoms with Crippen molar-refractivity contribution < 1.29 is 4.79 Å². The zero-order valence-electron chi connectivity index (χ0n) is 15.9. The van der Waals surface area contributed by atoms with E-state index in [0.29, 0.717) is 21.8 Å². The van der Waals surface area contributed by atoms with Gasteiger partial charge in [0.05, 0.1) is 11.4 Å². The molecule has 0 fully saturated rings. The number of nitrogens with zero attached hydrogens (tertiary/aromatic N) is 4. The van der Waals surface area contributed by atoms with Gasteiger partial charge in [0.1, 0.15) is 5.01 Å². The molecular weight excluding hydrogens is 362 g/mol. The first-order chi connectivity index (χ1) is 13.0. The fraction of sp³-hybridized carbons (Fsp3) is 0.421. The van der Waals surface area contributed by atoms with Crippen LogP contribution in [0.5, 0.6) is 0 Å². The van der Waals surface area contributed by atoms with Gasteiger partial charge in [-0.05, 0) is 32.8 Å². The Balaban J connectivity index is 1.99. The third-order valence-corrected chi connectivity index (χ3v) is 5.53. The molecule has 0 radical (unpaired) electrons. The minimum Gasteiger partial charge on any atom is -0.295 e. The molecule has 2 heterocycles. The largest absolute Gasteiger partial charge is 0.295 e. The van der Waals surface area contributed by atoms with Gasteiger partial charge >= 0.3 is 0 Å². The third-order valence-electron chi connectivity index (χ3n) is 4.53. The normalized spacial score (nSPS) is 11.5. The van der Waals surface area contributed by atoms with Crippen LogP contribution in [0.4, 0.5) is 5.13 Å². The van der Waals surface area contributed by atoms with Crippen LogP contribution in [0.2, 0.25) is 0 Å². The summed E-state index contributed by atoms with van der Waals surface area (Å²) in [7, 11) is 0. The highest BCUT2D eigenvalue weighted by molar-refractivity contribution is 7.15. The van der Waals surface area contributed by atoms with Crippen LogP contribution in [0.15, 0.2) is 29.1 Å². The van der Waals surface area contributed by atoms with Crippen LogP contribution in [0, 0.1) is 0 Å². The fourth-order valence-electron chi connectivity index (χ4n) is 2.97. The summed E-state index contributed by atoms with van der Waals surface area (Å²) in [5.74, 6) is -0.0530. The number of hydrogen-bond acceptors (Lipinski definition) is 6. The average molecular weight is 385 g/mol. The van der Waals surface area contributed by atoms with Crippen molar-refractivity contribution in [1.82, 2.24) is 20.0 Å². The van der Waals surface area contributed by atoms with Gasteiger partial charge in [0, 0.05) is 11.3 Å². The lowest BCUT2D eigenvalue weighted by Crippen LogP contribution is -2.28. The van der Waals surface area contributed by atoms with Gasteiger partial charge in [-0.1, -0.05) is 43.4 Å². The van der Waals surface area contributed by atoms with E-state index in [1.54, 1.807) is 24.3 Å². The van der Waals surface area contributed by atoms with E-state index < -0.39 is 5.91 Å². The lowest BCUT2D eigenvalue weighted by Gasteiger charge is -2.12. The van der Waals surface area contributed by atoms with Crippen molar-refractivity contribution in [1.29, 1.82) is 0 Å². The van der Waals surface area contributed by atoms with Gasteiger partial charge in [-0.3, -0.25) is 14.9 Å². The van der Waals surface area contributed by atoms with Gasteiger partial charge in [-0.2, -0.15) is 5.10 Å². The van der Waals surface area contributed by atoms with Crippen LogP contribution in [-0.2, 0) is 0 Å². The molecule has 2 aromatic heterocycles. The first-order valence-electron chi connectivity index (χ1n) is 9.12. The highest BCUT2D eigenvalue weighted by Gasteiger charge is 2.20. The molecule has 27 heavy (non-hydrogen) atoms. The van der Waals surface area contributed by atoms with Crippen molar-refractivity contribution in [2.75, 3.05) is 5.32 Å². The van der Waals surface area contributed by atoms with Crippen molar-refractivity contribution in [3.8, 4) is 0 Å². The Labute approximate surface area is 161 Å². The van der Waals surface area contributed by atoms with Crippen molar-refractivity contribution in [2.45, 2.75) is 52.5 Å². The molecule has 0 saturated heterocycles. The molecule has 0 atom stereocenters. The third kappa shape index (κ3) is 3.75. The molecule has 0 unspecified atom stereocenters. The zero-order chi connectivity index (χ0) is 19.6. The quantitative estimate of drug-likeness (QED) is 0.693. The molecule has 1 aromatic carbocycles. The average Bonchev–Trinajstić information content (AvgIpc) is 3.11. The van der Waals surface area contributed by atoms with E-state index in [9.17, 15) is 9.59 Å². The molecule has 1 N–H and O–H groups in total. The van der Waals surface area contributed by atoms with Crippen LogP contribution >= 0.6 is 11.3 Å². The molecule has 0 aliphatic rings. The maximum Gasteiger partial charge on any atom is 0.278 e. The predicted octanol–water partition coefficient (Wildman–Crippen LogP) is 3.98. The summed E-state index contributed by atoms with van der Waals surface area (Å²) in [5, 5.41) is 17.8. The van der Waals surface area contributed by atoms with Crippen LogP contribution in [0.1, 0.15) is 68.0 Å². The van der Waals surface area contributed by atoms with E-state index in [1.807, 2.05) is 13.8 Å². The Morgan fingerprint density at radius 2 is 1.81 bits per heavy atom. The van der Waals surface area contributed by atoms with Gasteiger partial charge in [0.25, 0.3) is 11.5 Å². The second kappa shape index (κ2) is 7.96. The molecule has 3 aromatic rings. The number of anilines is 1. The van der Waals surface area contributed by atoms with Crippen LogP contribution in [-0.4, -0.2) is 25.9 Å². The Morgan fingerprint density at radius 1 is 1.15 bits per heavy atom. The Hall–Kier alpha value is -2.61. The second-order valence-corrected chi connectivity index (χ2v) is 7.66. The first-order valence-corrected chi connectivity index (χ1v) is 9.94. The Morgan fingerprint density at radius 3 is 2.44 bits per heavy atom. The lowest BCUT2D eigenvalue weighted by molar-refractivity contribution is 0.102. The maximum absolute atomic E-state index is 12.9. The first kappa shape index (κ1) is 19.2. The second-order valence-electron chi connectivity index (χ2n) is 6.65. The number of carbonyl (C=O) groups is 1. The van der Waals surface area contributed by atoms with Crippen LogP contribution in [0.25, 0.3) is 10.8 Å². The summed E-state index contributed by atoms with van der Waals surface area (Å²) < 4.78 is 1.34. The fourth-order valence-corrected chi connectivity index (χ4v) is 3.97. The summed E-state index contributed by atoms with van der Waals surface area (Å²) in [5.41, 5.74) is 0.00210. The molecule has 0 spiro atoms. The molecule has 0 aliphatic heterocycles. The Kier molecular flexibility index (Phi) is 5.65. The topological polar surface area (TPSA) is 89.8 Å². The molecule has 0 saturated carbocycles. The molecule has 142 valence electrons. The summed E-state index contributed by atoms with van der Waals surface area (Å²) in [4.78, 5) is 25.5. The van der Waals surface area contributed by atoms with E-state index in [0.717, 1.165) is 17.8 Å². The van der Waals surface area contributed by atoms with Crippen molar-refractivity contribution in [3.05, 3.63) is 45.3 Å². The summed E-state index contributed by atoms with van der Waals surface area (Å²) in [6, 6.07) is 6.86. The van der Waals surface area contributed by atoms with E-state index >= 15 is 0 Å². The van der Waals surface area contributed by atoms with Crippen molar-refractivity contribution >= 4 is 33.1 Å². The number of fused-ring (bicyclic) bond motifs is 1. The smallest absolute Gasteiger partial charge is 0.278 e. The van der Waals surface area contributed by atoms with Gasteiger partial charge in [0.15, 0.2) is 5.69 Å². The summed E-state index contributed by atoms with van der Waals surface area (Å²) in [6.45, 7) is 7.94. The number of rotatable bonds is 6. The standard InChI is InChI=1S/C19H23N5O2S/c1-5-12(6-2)17-21-22-19(27-17)20-16(25)15-13-9-7-8-10-14(13)18(26)24(23-15)11(3)4/h7-12H,5-6H2,1-4H3,(H,20,22,25). The number of aromatic nitrogens is 4. The summed E-state index contributed by atoms with van der Waals surface area (Å²) >= 11 is 1.38. The van der Waals surface area contributed by atoms with Gasteiger partial charge < -0.3 is 0 Å². The SMILES string of the molecule is CCC(CC)c1nnc(NC(=O)c2nn(C(C)C)c(=O)c3ccccc23)s1. The van der Waals surface area contributed by atoms with Gasteiger partial charge in [-0.25, -0.2) is 4.68 Å². The van der Waals surface area contributed by atoms with Crippen molar-refractivity contribution in [2.24, 2.45) is 0 Å². The number of amides is 1. The molecule has 0 aliphatic carbocycles. The molecular formula is C19H23N5O2S. The summed E-state index contributed by atoms with van der Waals surface area (Å²) in [6.07, 6.45) is 1.95. The number of benzene rings is 1. The van der Waals surface area contributed by atoms with E-state index in [-0.39, 0.29) is 17.3 Å². The molecule has 1 amide bonds. The highest BCUT2D eigenvalue weighted by Crippen LogP contribution is 2.28. The minimum absolute atomic E-state index is 0.156. The molecule has 3 rings (SSSR count). The highest BCUT2D eigenvalue weighted by atomic mass is 32.1. The number of hydrogen-bond donors (Lipinski definition) is 1. The van der Waals surface area contributed by atoms with Crippen molar-refractivity contribution in [3.63, 3.8) is 0 Å². The number of nitrogens with one attached hydrogen (secondary N) is 1. The van der Waals surface area contributed by atoms with Gasteiger partial charge in [-0.15, -0.1) is 10.2 Å². The van der Waals surface area contributed by atoms with Crippen LogP contribution in [0.3, 0.4) is 0 Å². The molecule has 8 heteroatoms. The Bertz CT molecular complexity index is 1020. The number of carbonyl (C=O) groups excluding carboxylic acids is 1. The van der Waals surface area contributed by atoms with E-state index in [4.69, 9.17) is 0 Å². The lowest BCUT2D eigenvalue weighted by atomic mass is 10.1. The van der Waals surface area contributed by atoms with Gasteiger partial charge in [0.2, 0.25) is 5.13 Å². The van der Waals surface area contributed by atoms with E-state index in [1.165, 1.54) is 16.0 Å². The molecule has 7 nitrogen and oxygen atoms in total.